The number of hydrogen-bond donors (Lipinski definition) is 2. The zero-order valence-corrected chi connectivity index (χ0v) is 25.0. The summed E-state index contributed by atoms with van der Waals surface area (Å²) in [6.07, 6.45) is 10.0. The first-order valence-electron chi connectivity index (χ1n) is 15.8. The van der Waals surface area contributed by atoms with E-state index in [1.165, 1.54) is 12.8 Å². The van der Waals surface area contributed by atoms with Crippen LogP contribution in [0.3, 0.4) is 0 Å². The SMILES string of the molecule is Cc1cccc(NC(=O)[C@@H]2[C@@H]3C=C[C@]4(O3)[C@@H]2C(=O)N(CCN2CCCC[C@@H]2C)[C@H]4C(=O)N[C@@H]2CCC[C@H](C)[C@H]2C)c1. The number of fused-ring (bicyclic) bond motifs is 1. The van der Waals surface area contributed by atoms with Crippen LogP contribution in [-0.4, -0.2) is 77.0 Å². The largest absolute Gasteiger partial charge is 0.359 e. The number of rotatable bonds is 7. The molecule has 3 amide bonds. The third kappa shape index (κ3) is 5.01. The summed E-state index contributed by atoms with van der Waals surface area (Å²) >= 11 is 0. The highest BCUT2D eigenvalue weighted by atomic mass is 16.5. The quantitative estimate of drug-likeness (QED) is 0.492. The van der Waals surface area contributed by atoms with E-state index < -0.39 is 29.6 Å². The van der Waals surface area contributed by atoms with Crippen LogP contribution in [0.15, 0.2) is 36.4 Å². The minimum absolute atomic E-state index is 0.0729. The average molecular weight is 563 g/mol. The highest BCUT2D eigenvalue weighted by molar-refractivity contribution is 6.02. The van der Waals surface area contributed by atoms with Gasteiger partial charge in [0.1, 0.15) is 11.6 Å². The Morgan fingerprint density at radius 3 is 2.66 bits per heavy atom. The molecule has 5 aliphatic rings. The normalized spacial score (nSPS) is 38.2. The van der Waals surface area contributed by atoms with E-state index in [0.29, 0.717) is 36.7 Å². The van der Waals surface area contributed by atoms with Crippen LogP contribution >= 0.6 is 0 Å². The summed E-state index contributed by atoms with van der Waals surface area (Å²) in [6.45, 7) is 10.9. The second-order valence-corrected chi connectivity index (χ2v) is 13.4. The van der Waals surface area contributed by atoms with Crippen molar-refractivity contribution >= 4 is 23.4 Å². The van der Waals surface area contributed by atoms with E-state index in [2.05, 4.69) is 36.3 Å². The Kier molecular flexibility index (Phi) is 7.74. The van der Waals surface area contributed by atoms with Gasteiger partial charge < -0.3 is 20.3 Å². The monoisotopic (exact) mass is 562 g/mol. The lowest BCUT2D eigenvalue weighted by molar-refractivity contribution is -0.142. The highest BCUT2D eigenvalue weighted by Gasteiger charge is 2.72. The van der Waals surface area contributed by atoms with E-state index in [0.717, 1.165) is 37.8 Å². The molecule has 1 saturated carbocycles. The molecule has 9 atom stereocenters. The van der Waals surface area contributed by atoms with Crippen molar-refractivity contribution in [2.75, 3.05) is 25.0 Å². The zero-order chi connectivity index (χ0) is 28.9. The second kappa shape index (κ2) is 11.2. The molecule has 2 N–H and O–H groups in total. The van der Waals surface area contributed by atoms with Crippen LogP contribution < -0.4 is 10.6 Å². The Balaban J connectivity index is 1.28. The number of nitrogens with one attached hydrogen (secondary N) is 2. The fourth-order valence-corrected chi connectivity index (χ4v) is 8.23. The summed E-state index contributed by atoms with van der Waals surface area (Å²) in [5, 5.41) is 6.39. The van der Waals surface area contributed by atoms with Crippen LogP contribution in [0.4, 0.5) is 5.69 Å². The van der Waals surface area contributed by atoms with Gasteiger partial charge in [0.2, 0.25) is 17.7 Å². The maximum atomic E-state index is 14.3. The molecule has 4 aliphatic heterocycles. The maximum absolute atomic E-state index is 14.3. The first kappa shape index (κ1) is 28.4. The number of benzene rings is 1. The van der Waals surface area contributed by atoms with Gasteiger partial charge in [-0.2, -0.15) is 0 Å². The van der Waals surface area contributed by atoms with Crippen molar-refractivity contribution in [2.24, 2.45) is 23.7 Å². The van der Waals surface area contributed by atoms with Crippen molar-refractivity contribution in [2.45, 2.75) is 96.1 Å². The molecule has 41 heavy (non-hydrogen) atoms. The molecule has 1 aromatic rings. The fraction of sp³-hybridized carbons (Fsp3) is 0.667. The van der Waals surface area contributed by atoms with Gasteiger partial charge in [-0.15, -0.1) is 0 Å². The predicted molar refractivity (Wildman–Crippen MR) is 158 cm³/mol. The van der Waals surface area contributed by atoms with Gasteiger partial charge >= 0.3 is 0 Å². The Bertz CT molecular complexity index is 1220. The number of likely N-dealkylation sites (tertiary alicyclic amines) is 2. The van der Waals surface area contributed by atoms with E-state index in [-0.39, 0.29) is 23.8 Å². The molecule has 0 unspecified atom stereocenters. The number of aryl methyl sites for hydroxylation is 1. The van der Waals surface area contributed by atoms with Gasteiger partial charge in [0.05, 0.1) is 17.9 Å². The van der Waals surface area contributed by atoms with Gasteiger partial charge in [-0.05, 0) is 69.2 Å². The molecule has 8 heteroatoms. The summed E-state index contributed by atoms with van der Waals surface area (Å²) in [4.78, 5) is 46.4. The van der Waals surface area contributed by atoms with Crippen LogP contribution in [0.1, 0.15) is 64.9 Å². The molecule has 222 valence electrons. The molecular formula is C33H46N4O4. The fourth-order valence-electron chi connectivity index (χ4n) is 8.23. The van der Waals surface area contributed by atoms with Crippen molar-refractivity contribution in [1.29, 1.82) is 0 Å². The third-order valence-corrected chi connectivity index (χ3v) is 10.8. The van der Waals surface area contributed by atoms with Gasteiger partial charge in [0, 0.05) is 30.9 Å². The van der Waals surface area contributed by atoms with Gasteiger partial charge in [-0.25, -0.2) is 0 Å². The van der Waals surface area contributed by atoms with E-state index >= 15 is 0 Å². The topological polar surface area (TPSA) is 91.0 Å². The van der Waals surface area contributed by atoms with Crippen molar-refractivity contribution < 1.29 is 19.1 Å². The highest BCUT2D eigenvalue weighted by Crippen LogP contribution is 2.55. The van der Waals surface area contributed by atoms with Gasteiger partial charge in [-0.3, -0.25) is 19.3 Å². The molecule has 0 radical (unpaired) electrons. The van der Waals surface area contributed by atoms with Crippen molar-refractivity contribution in [1.82, 2.24) is 15.1 Å². The van der Waals surface area contributed by atoms with Crippen LogP contribution in [0.5, 0.6) is 0 Å². The van der Waals surface area contributed by atoms with Crippen molar-refractivity contribution in [3.63, 3.8) is 0 Å². The lowest BCUT2D eigenvalue weighted by Gasteiger charge is -2.39. The molecule has 4 fully saturated rings. The summed E-state index contributed by atoms with van der Waals surface area (Å²) in [7, 11) is 0. The van der Waals surface area contributed by atoms with Gasteiger partial charge in [0.25, 0.3) is 0 Å². The molecule has 8 nitrogen and oxygen atoms in total. The average Bonchev–Trinajstić information content (AvgIpc) is 3.58. The van der Waals surface area contributed by atoms with Crippen LogP contribution in [0.25, 0.3) is 0 Å². The zero-order valence-electron chi connectivity index (χ0n) is 25.0. The molecule has 1 aliphatic carbocycles. The minimum Gasteiger partial charge on any atom is -0.359 e. The predicted octanol–water partition coefficient (Wildman–Crippen LogP) is 3.90. The molecule has 2 bridgehead atoms. The van der Waals surface area contributed by atoms with Crippen LogP contribution in [-0.2, 0) is 19.1 Å². The lowest BCUT2D eigenvalue weighted by atomic mass is 9.73. The number of amides is 3. The van der Waals surface area contributed by atoms with E-state index in [4.69, 9.17) is 4.74 Å². The number of piperidine rings is 1. The molecule has 0 aromatic heterocycles. The standard InChI is InChI=1S/C33H46N4O4/c1-20-9-7-12-24(19-20)34-30(38)27-26-14-15-33(41-26)28(27)32(40)37(18-17-36-16-6-5-11-22(36)3)29(33)31(39)35-25-13-8-10-21(2)23(25)4/h7,9,12,14-15,19,21-23,25-29H,5-6,8,10-11,13,16-18H2,1-4H3,(H,34,38)(H,35,39)/t21-,22-,23+,25+,26-,27+,28-,29-,33-/m0/s1. The Hall–Kier alpha value is -2.71. The Morgan fingerprint density at radius 1 is 1.05 bits per heavy atom. The number of anilines is 1. The Labute approximate surface area is 244 Å². The van der Waals surface area contributed by atoms with Crippen LogP contribution in [0, 0.1) is 30.6 Å². The summed E-state index contributed by atoms with van der Waals surface area (Å²) < 4.78 is 6.55. The molecule has 3 saturated heterocycles. The van der Waals surface area contributed by atoms with Crippen molar-refractivity contribution in [3.05, 3.63) is 42.0 Å². The van der Waals surface area contributed by atoms with E-state index in [1.807, 2.05) is 43.3 Å². The first-order chi connectivity index (χ1) is 19.7. The Morgan fingerprint density at radius 2 is 1.88 bits per heavy atom. The van der Waals surface area contributed by atoms with Crippen LogP contribution in [0.2, 0.25) is 0 Å². The molecule has 1 aromatic carbocycles. The van der Waals surface area contributed by atoms with E-state index in [1.54, 1.807) is 4.90 Å². The van der Waals surface area contributed by atoms with E-state index in [9.17, 15) is 14.4 Å². The minimum atomic E-state index is -1.13. The third-order valence-electron chi connectivity index (χ3n) is 10.8. The number of hydrogen-bond acceptors (Lipinski definition) is 5. The molecule has 1 spiro atoms. The van der Waals surface area contributed by atoms with Gasteiger partial charge in [0.15, 0.2) is 0 Å². The molecule has 6 rings (SSSR count). The lowest BCUT2D eigenvalue weighted by Crippen LogP contribution is -2.58. The second-order valence-electron chi connectivity index (χ2n) is 13.4. The number of carbonyl (C=O) groups excluding carboxylic acids is 3. The first-order valence-corrected chi connectivity index (χ1v) is 15.8. The number of ether oxygens (including phenoxy) is 1. The summed E-state index contributed by atoms with van der Waals surface area (Å²) in [5.74, 6) is -1.03. The molecular weight excluding hydrogens is 516 g/mol. The molecule has 4 heterocycles. The number of nitrogens with zero attached hydrogens (tertiary/aromatic N) is 2. The van der Waals surface area contributed by atoms with Crippen molar-refractivity contribution in [3.8, 4) is 0 Å². The smallest absolute Gasteiger partial charge is 0.246 e. The van der Waals surface area contributed by atoms with Gasteiger partial charge in [-0.1, -0.05) is 57.4 Å². The summed E-state index contributed by atoms with van der Waals surface area (Å²) in [5.41, 5.74) is 0.616. The number of carbonyl (C=O) groups is 3. The summed E-state index contributed by atoms with van der Waals surface area (Å²) in [6, 6.07) is 7.40. The maximum Gasteiger partial charge on any atom is 0.246 e.